The summed E-state index contributed by atoms with van der Waals surface area (Å²) in [6, 6.07) is 7.41. The van der Waals surface area contributed by atoms with Crippen molar-refractivity contribution in [1.29, 1.82) is 0 Å². The monoisotopic (exact) mass is 180 g/mol. The van der Waals surface area contributed by atoms with Gasteiger partial charge in [0, 0.05) is 5.56 Å². The summed E-state index contributed by atoms with van der Waals surface area (Å²) in [6.07, 6.45) is 1.53. The van der Waals surface area contributed by atoms with Crippen LogP contribution in [0.15, 0.2) is 35.1 Å². The second kappa shape index (κ2) is 2.95. The Morgan fingerprint density at radius 3 is 2.75 bits per heavy atom. The predicted octanol–water partition coefficient (Wildman–Crippen LogP) is 2.39. The third kappa shape index (κ3) is 1.19. The van der Waals surface area contributed by atoms with Crippen molar-refractivity contribution in [2.45, 2.75) is 0 Å². The molecule has 4 heteroatoms. The van der Waals surface area contributed by atoms with E-state index in [1.165, 1.54) is 6.20 Å². The molecule has 0 radical (unpaired) electrons. The van der Waals surface area contributed by atoms with Crippen molar-refractivity contribution in [3.05, 3.63) is 35.5 Å². The molecule has 1 aromatic heterocycles. The first-order valence-electron chi connectivity index (χ1n) is 3.40. The van der Waals surface area contributed by atoms with Crippen molar-refractivity contribution in [2.24, 2.45) is 0 Å². The molecule has 0 amide bonds. The molecule has 2 rings (SSSR count). The Hall–Kier alpha value is -1.35. The van der Waals surface area contributed by atoms with Gasteiger partial charge in [0.1, 0.15) is 5.69 Å². The number of halogens is 1. The number of hydrogen-bond donors (Lipinski definition) is 0. The number of hydrogen-bond acceptors (Lipinski definition) is 3. The molecule has 3 nitrogen and oxygen atoms in total. The van der Waals surface area contributed by atoms with Crippen LogP contribution in [0.2, 0.25) is 5.02 Å². The van der Waals surface area contributed by atoms with Crippen LogP contribution in [0.5, 0.6) is 0 Å². The van der Waals surface area contributed by atoms with E-state index in [2.05, 4.69) is 14.9 Å². The maximum Gasteiger partial charge on any atom is 0.136 e. The van der Waals surface area contributed by atoms with Crippen LogP contribution in [0.25, 0.3) is 11.3 Å². The average molecular weight is 181 g/mol. The van der Waals surface area contributed by atoms with Crippen molar-refractivity contribution in [2.75, 3.05) is 0 Å². The molecule has 0 atom stereocenters. The van der Waals surface area contributed by atoms with E-state index < -0.39 is 0 Å². The van der Waals surface area contributed by atoms with Gasteiger partial charge in [-0.3, -0.25) is 0 Å². The second-order valence-corrected chi connectivity index (χ2v) is 2.68. The van der Waals surface area contributed by atoms with E-state index in [9.17, 15) is 0 Å². The topological polar surface area (TPSA) is 38.9 Å². The van der Waals surface area contributed by atoms with Crippen LogP contribution >= 0.6 is 11.6 Å². The van der Waals surface area contributed by atoms with E-state index in [0.29, 0.717) is 10.7 Å². The van der Waals surface area contributed by atoms with Gasteiger partial charge in [0.25, 0.3) is 0 Å². The summed E-state index contributed by atoms with van der Waals surface area (Å²) < 4.78 is 4.47. The fraction of sp³-hybridized carbons (Fsp3) is 0. The summed E-state index contributed by atoms with van der Waals surface area (Å²) in [5, 5.41) is 7.82. The Balaban J connectivity index is 2.55. The SMILES string of the molecule is Clc1ccccc1-c1cnon1. The van der Waals surface area contributed by atoms with Crippen molar-refractivity contribution in [3.63, 3.8) is 0 Å². The maximum absolute atomic E-state index is 5.91. The molecule has 0 bridgehead atoms. The molecule has 12 heavy (non-hydrogen) atoms. The van der Waals surface area contributed by atoms with Crippen molar-refractivity contribution >= 4 is 11.6 Å². The van der Waals surface area contributed by atoms with E-state index in [4.69, 9.17) is 11.6 Å². The zero-order chi connectivity index (χ0) is 8.39. The summed E-state index contributed by atoms with van der Waals surface area (Å²) in [4.78, 5) is 0. The van der Waals surface area contributed by atoms with Gasteiger partial charge >= 0.3 is 0 Å². The zero-order valence-electron chi connectivity index (χ0n) is 6.07. The molecular weight excluding hydrogens is 176 g/mol. The Bertz CT molecular complexity index is 372. The van der Waals surface area contributed by atoms with Crippen LogP contribution in [0.4, 0.5) is 0 Å². The molecule has 2 aromatic rings. The van der Waals surface area contributed by atoms with Crippen LogP contribution in [0.3, 0.4) is 0 Å². The lowest BCUT2D eigenvalue weighted by atomic mass is 10.2. The number of rotatable bonds is 1. The molecule has 0 saturated heterocycles. The molecule has 1 heterocycles. The lowest BCUT2D eigenvalue weighted by Gasteiger charge is -1.95. The predicted molar refractivity (Wildman–Crippen MR) is 44.7 cm³/mol. The Labute approximate surface area is 73.9 Å². The molecule has 60 valence electrons. The summed E-state index contributed by atoms with van der Waals surface area (Å²) in [5.41, 5.74) is 1.49. The van der Waals surface area contributed by atoms with Crippen LogP contribution in [-0.4, -0.2) is 10.3 Å². The van der Waals surface area contributed by atoms with Gasteiger partial charge < -0.3 is 0 Å². The Morgan fingerprint density at radius 2 is 2.08 bits per heavy atom. The lowest BCUT2D eigenvalue weighted by molar-refractivity contribution is 0.308. The van der Waals surface area contributed by atoms with Gasteiger partial charge in [-0.2, -0.15) is 0 Å². The number of benzene rings is 1. The summed E-state index contributed by atoms with van der Waals surface area (Å²) >= 11 is 5.91. The minimum Gasteiger partial charge on any atom is -0.244 e. The standard InChI is InChI=1S/C8H5ClN2O/c9-7-4-2-1-3-6(7)8-5-10-12-11-8/h1-5H. The minimum atomic E-state index is 0.646. The fourth-order valence-electron chi connectivity index (χ4n) is 0.952. The molecule has 0 N–H and O–H groups in total. The van der Waals surface area contributed by atoms with E-state index in [1.54, 1.807) is 6.07 Å². The molecule has 0 aliphatic carbocycles. The largest absolute Gasteiger partial charge is 0.244 e. The molecule has 1 aromatic carbocycles. The quantitative estimate of drug-likeness (QED) is 0.677. The van der Waals surface area contributed by atoms with Gasteiger partial charge in [-0.15, -0.1) is 0 Å². The van der Waals surface area contributed by atoms with Crippen molar-refractivity contribution < 1.29 is 4.63 Å². The average Bonchev–Trinajstić information content (AvgIpc) is 2.57. The van der Waals surface area contributed by atoms with Gasteiger partial charge in [-0.1, -0.05) is 35.0 Å². The molecule has 0 spiro atoms. The Kier molecular flexibility index (Phi) is 1.80. The highest BCUT2D eigenvalue weighted by atomic mass is 35.5. The van der Waals surface area contributed by atoms with Crippen LogP contribution in [-0.2, 0) is 0 Å². The van der Waals surface area contributed by atoms with Gasteiger partial charge in [0.05, 0.1) is 11.2 Å². The van der Waals surface area contributed by atoms with E-state index in [-0.39, 0.29) is 0 Å². The first kappa shape index (κ1) is 7.31. The molecule has 0 fully saturated rings. The van der Waals surface area contributed by atoms with Crippen molar-refractivity contribution in [1.82, 2.24) is 10.3 Å². The number of nitrogens with zero attached hydrogens (tertiary/aromatic N) is 2. The van der Waals surface area contributed by atoms with E-state index in [1.807, 2.05) is 18.2 Å². The highest BCUT2D eigenvalue weighted by Crippen LogP contribution is 2.24. The van der Waals surface area contributed by atoms with E-state index >= 15 is 0 Å². The first-order chi connectivity index (χ1) is 5.88. The molecule has 0 aliphatic rings. The third-order valence-electron chi connectivity index (χ3n) is 1.51. The summed E-state index contributed by atoms with van der Waals surface area (Å²) in [7, 11) is 0. The second-order valence-electron chi connectivity index (χ2n) is 2.27. The molecule has 0 unspecified atom stereocenters. The van der Waals surface area contributed by atoms with E-state index in [0.717, 1.165) is 5.56 Å². The zero-order valence-corrected chi connectivity index (χ0v) is 6.82. The molecule has 0 aliphatic heterocycles. The van der Waals surface area contributed by atoms with Gasteiger partial charge in [-0.05, 0) is 11.2 Å². The van der Waals surface area contributed by atoms with Crippen LogP contribution < -0.4 is 0 Å². The van der Waals surface area contributed by atoms with Crippen LogP contribution in [0.1, 0.15) is 0 Å². The maximum atomic E-state index is 5.91. The Morgan fingerprint density at radius 1 is 1.25 bits per heavy atom. The number of aromatic nitrogens is 2. The summed E-state index contributed by atoms with van der Waals surface area (Å²) in [5.74, 6) is 0. The van der Waals surface area contributed by atoms with Gasteiger partial charge in [0.2, 0.25) is 0 Å². The first-order valence-corrected chi connectivity index (χ1v) is 3.78. The smallest absolute Gasteiger partial charge is 0.136 e. The highest BCUT2D eigenvalue weighted by molar-refractivity contribution is 6.33. The fourth-order valence-corrected chi connectivity index (χ4v) is 1.18. The molecular formula is C8H5ClN2O. The summed E-state index contributed by atoms with van der Waals surface area (Å²) in [6.45, 7) is 0. The minimum absolute atomic E-state index is 0.646. The van der Waals surface area contributed by atoms with Crippen molar-refractivity contribution in [3.8, 4) is 11.3 Å². The van der Waals surface area contributed by atoms with Crippen LogP contribution in [0, 0.1) is 0 Å². The van der Waals surface area contributed by atoms with Gasteiger partial charge in [-0.25, -0.2) is 4.63 Å². The third-order valence-corrected chi connectivity index (χ3v) is 1.84. The normalized spacial score (nSPS) is 10.1. The van der Waals surface area contributed by atoms with Gasteiger partial charge in [0.15, 0.2) is 0 Å². The molecule has 0 saturated carbocycles. The highest BCUT2D eigenvalue weighted by Gasteiger charge is 2.04. The lowest BCUT2D eigenvalue weighted by Crippen LogP contribution is -1.77.